The van der Waals surface area contributed by atoms with Gasteiger partial charge in [0, 0.05) is 6.42 Å². The van der Waals surface area contributed by atoms with Crippen LogP contribution in [-0.4, -0.2) is 5.75 Å². The molecule has 0 unspecified atom stereocenters. The Bertz CT molecular complexity index is 171. The van der Waals surface area contributed by atoms with Gasteiger partial charge in [-0.2, -0.15) is 0 Å². The molecule has 0 aromatic carbocycles. The Balaban J connectivity index is 3.22. The van der Waals surface area contributed by atoms with Gasteiger partial charge in [0.15, 0.2) is 0 Å². The first kappa shape index (κ1) is 12.7. The molecule has 0 atom stereocenters. The van der Waals surface area contributed by atoms with Gasteiger partial charge in [-0.05, 0) is 30.1 Å². The first-order valence-electron chi connectivity index (χ1n) is 5.16. The molecule has 0 aliphatic carbocycles. The predicted molar refractivity (Wildman–Crippen MR) is 63.8 cm³/mol. The van der Waals surface area contributed by atoms with Crippen LogP contribution in [0.4, 0.5) is 0 Å². The number of unbranched alkanes of at least 4 members (excludes halogenated alkanes) is 3. The molecule has 13 heavy (non-hydrogen) atoms. The average Bonchev–Trinajstić information content (AvgIpc) is 2.16. The van der Waals surface area contributed by atoms with Crippen LogP contribution in [-0.2, 0) is 0 Å². The largest absolute Gasteiger partial charge is 0.133 e. The number of thioether (sulfide) groups is 1. The highest BCUT2D eigenvalue weighted by Crippen LogP contribution is 2.04. The van der Waals surface area contributed by atoms with Crippen molar-refractivity contribution in [3.8, 4) is 11.8 Å². The first-order valence-corrected chi connectivity index (χ1v) is 6.21. The molecule has 1 heteroatoms. The van der Waals surface area contributed by atoms with Gasteiger partial charge in [0.2, 0.25) is 0 Å². The normalized spacial score (nSPS) is 10.0. The van der Waals surface area contributed by atoms with E-state index in [2.05, 4.69) is 31.1 Å². The lowest BCUT2D eigenvalue weighted by atomic mass is 10.2. The molecule has 0 aromatic rings. The van der Waals surface area contributed by atoms with Crippen molar-refractivity contribution in [3.05, 3.63) is 11.5 Å². The highest BCUT2D eigenvalue weighted by Gasteiger charge is 1.79. The molecular weight excluding hydrogens is 176 g/mol. The molecule has 74 valence electrons. The van der Waals surface area contributed by atoms with Crippen molar-refractivity contribution in [3.63, 3.8) is 0 Å². The topological polar surface area (TPSA) is 0 Å². The number of hydrogen-bond donors (Lipinski definition) is 0. The predicted octanol–water partition coefficient (Wildman–Crippen LogP) is 4.23. The van der Waals surface area contributed by atoms with Gasteiger partial charge in [-0.25, -0.2) is 0 Å². The summed E-state index contributed by atoms with van der Waals surface area (Å²) >= 11 is 1.86. The fraction of sp³-hybridized carbons (Fsp3) is 0.667. The maximum Gasteiger partial charge on any atom is 0.00921 e. The van der Waals surface area contributed by atoms with Crippen molar-refractivity contribution < 1.29 is 0 Å². The Morgan fingerprint density at radius 1 is 1.15 bits per heavy atom. The van der Waals surface area contributed by atoms with Crippen LogP contribution in [0.15, 0.2) is 11.5 Å². The standard InChI is InChI=1S/C12H20S/c1-3-5-7-8-9-10-12-13-11-6-4-2/h10,12H,3-7,11H2,1-2H3/b12-10-. The summed E-state index contributed by atoms with van der Waals surface area (Å²) in [5, 5.41) is 2.11. The molecule has 0 fully saturated rings. The number of allylic oxidation sites excluding steroid dienone is 1. The van der Waals surface area contributed by atoms with Crippen LogP contribution in [0, 0.1) is 11.8 Å². The van der Waals surface area contributed by atoms with Gasteiger partial charge in [-0.15, -0.1) is 11.8 Å². The zero-order valence-electron chi connectivity index (χ0n) is 8.81. The molecule has 0 heterocycles. The zero-order chi connectivity index (χ0) is 9.78. The highest BCUT2D eigenvalue weighted by atomic mass is 32.2. The third-order valence-electron chi connectivity index (χ3n) is 1.62. The average molecular weight is 196 g/mol. The number of hydrogen-bond acceptors (Lipinski definition) is 1. The van der Waals surface area contributed by atoms with Gasteiger partial charge in [-0.3, -0.25) is 0 Å². The highest BCUT2D eigenvalue weighted by molar-refractivity contribution is 8.02. The second kappa shape index (κ2) is 11.6. The van der Waals surface area contributed by atoms with E-state index in [9.17, 15) is 0 Å². The summed E-state index contributed by atoms with van der Waals surface area (Å²) in [5.41, 5.74) is 0. The first-order chi connectivity index (χ1) is 6.41. The monoisotopic (exact) mass is 196 g/mol. The summed E-state index contributed by atoms with van der Waals surface area (Å²) in [6.45, 7) is 4.41. The molecule has 0 aromatic heterocycles. The minimum absolute atomic E-state index is 1.04. The van der Waals surface area contributed by atoms with Gasteiger partial charge in [-0.1, -0.05) is 38.5 Å². The smallest absolute Gasteiger partial charge is 0.00921 e. The molecule has 0 N–H and O–H groups in total. The molecular formula is C12H20S. The van der Waals surface area contributed by atoms with Crippen LogP contribution in [0.5, 0.6) is 0 Å². The molecule has 0 saturated heterocycles. The Hall–Kier alpha value is -0.350. The third-order valence-corrected chi connectivity index (χ3v) is 2.47. The Labute approximate surface area is 87.2 Å². The minimum atomic E-state index is 1.04. The molecule has 0 nitrogen and oxygen atoms in total. The number of rotatable bonds is 6. The van der Waals surface area contributed by atoms with E-state index in [1.165, 1.54) is 31.4 Å². The van der Waals surface area contributed by atoms with E-state index in [1.807, 2.05) is 17.8 Å². The van der Waals surface area contributed by atoms with E-state index in [1.54, 1.807) is 0 Å². The van der Waals surface area contributed by atoms with Crippen LogP contribution in [0.1, 0.15) is 46.0 Å². The summed E-state index contributed by atoms with van der Waals surface area (Å²) in [5.74, 6) is 7.40. The molecule has 0 saturated carbocycles. The van der Waals surface area contributed by atoms with Crippen LogP contribution >= 0.6 is 11.8 Å². The lowest BCUT2D eigenvalue weighted by molar-refractivity contribution is 0.828. The quantitative estimate of drug-likeness (QED) is 0.452. The maximum absolute atomic E-state index is 3.13. The summed E-state index contributed by atoms with van der Waals surface area (Å²) in [6, 6.07) is 0. The third kappa shape index (κ3) is 11.7. The van der Waals surface area contributed by atoms with Crippen molar-refractivity contribution in [2.45, 2.75) is 46.0 Å². The van der Waals surface area contributed by atoms with Gasteiger partial charge < -0.3 is 0 Å². The van der Waals surface area contributed by atoms with Gasteiger partial charge in [0.25, 0.3) is 0 Å². The van der Waals surface area contributed by atoms with Crippen LogP contribution in [0.2, 0.25) is 0 Å². The molecule has 0 bridgehead atoms. The Morgan fingerprint density at radius 3 is 2.62 bits per heavy atom. The molecule has 0 rings (SSSR count). The molecule has 0 aliphatic heterocycles. The van der Waals surface area contributed by atoms with E-state index in [0.717, 1.165) is 6.42 Å². The summed E-state index contributed by atoms with van der Waals surface area (Å²) < 4.78 is 0. The van der Waals surface area contributed by atoms with Crippen LogP contribution in [0.3, 0.4) is 0 Å². The van der Waals surface area contributed by atoms with Crippen molar-refractivity contribution >= 4 is 11.8 Å². The second-order valence-electron chi connectivity index (χ2n) is 2.95. The SMILES string of the molecule is CCCCC#C/C=C\SCCCC. The van der Waals surface area contributed by atoms with Crippen LogP contribution in [0.25, 0.3) is 0 Å². The molecule has 0 amide bonds. The fourth-order valence-corrected chi connectivity index (χ4v) is 1.53. The summed E-state index contributed by atoms with van der Waals surface area (Å²) in [4.78, 5) is 0. The van der Waals surface area contributed by atoms with E-state index in [0.29, 0.717) is 0 Å². The fourth-order valence-electron chi connectivity index (χ4n) is 0.774. The van der Waals surface area contributed by atoms with E-state index >= 15 is 0 Å². The van der Waals surface area contributed by atoms with Gasteiger partial charge in [0.05, 0.1) is 0 Å². The molecule has 0 spiro atoms. The summed E-state index contributed by atoms with van der Waals surface area (Å²) in [7, 11) is 0. The molecule has 0 radical (unpaired) electrons. The minimum Gasteiger partial charge on any atom is -0.133 e. The lowest BCUT2D eigenvalue weighted by Crippen LogP contribution is -1.72. The van der Waals surface area contributed by atoms with Crippen LogP contribution < -0.4 is 0 Å². The van der Waals surface area contributed by atoms with Crippen molar-refractivity contribution in [1.29, 1.82) is 0 Å². The van der Waals surface area contributed by atoms with Crippen molar-refractivity contribution in [2.24, 2.45) is 0 Å². The Kier molecular flexibility index (Phi) is 11.3. The zero-order valence-corrected chi connectivity index (χ0v) is 9.62. The molecule has 0 aliphatic rings. The van der Waals surface area contributed by atoms with E-state index in [4.69, 9.17) is 0 Å². The maximum atomic E-state index is 3.13. The van der Waals surface area contributed by atoms with E-state index < -0.39 is 0 Å². The van der Waals surface area contributed by atoms with Gasteiger partial charge in [0.1, 0.15) is 0 Å². The van der Waals surface area contributed by atoms with E-state index in [-0.39, 0.29) is 0 Å². The lowest BCUT2D eigenvalue weighted by Gasteiger charge is -1.89. The second-order valence-corrected chi connectivity index (χ2v) is 3.97. The Morgan fingerprint density at radius 2 is 1.92 bits per heavy atom. The summed E-state index contributed by atoms with van der Waals surface area (Å²) in [6.07, 6.45) is 8.06. The van der Waals surface area contributed by atoms with Crippen molar-refractivity contribution in [1.82, 2.24) is 0 Å². The van der Waals surface area contributed by atoms with Gasteiger partial charge >= 0.3 is 0 Å². The van der Waals surface area contributed by atoms with Crippen molar-refractivity contribution in [2.75, 3.05) is 5.75 Å².